The van der Waals surface area contributed by atoms with Gasteiger partial charge >= 0.3 is 5.69 Å². The molecule has 136 valence electrons. The summed E-state index contributed by atoms with van der Waals surface area (Å²) in [6.07, 6.45) is 1.49. The van der Waals surface area contributed by atoms with E-state index in [-0.39, 0.29) is 25.0 Å². The highest BCUT2D eigenvalue weighted by molar-refractivity contribution is 7.89. The molecule has 24 heavy (non-hydrogen) atoms. The van der Waals surface area contributed by atoms with Crippen molar-refractivity contribution in [2.75, 3.05) is 27.2 Å². The maximum absolute atomic E-state index is 14.0. The van der Waals surface area contributed by atoms with Gasteiger partial charge in [-0.3, -0.25) is 10.1 Å². The Balaban J connectivity index is 0.00000288. The number of hydrogen-bond donors (Lipinski definition) is 1. The van der Waals surface area contributed by atoms with E-state index in [9.17, 15) is 22.9 Å². The molecule has 11 heteroatoms. The number of hydrogen-bond acceptors (Lipinski definition) is 6. The maximum atomic E-state index is 14.0. The summed E-state index contributed by atoms with van der Waals surface area (Å²) in [5.74, 6) is -1.66. The van der Waals surface area contributed by atoms with Crippen LogP contribution in [0.2, 0.25) is 0 Å². The van der Waals surface area contributed by atoms with Crippen LogP contribution < -0.4 is 10.1 Å². The molecular weight excluding hydrogens is 365 g/mol. The second-order valence-electron chi connectivity index (χ2n) is 5.21. The van der Waals surface area contributed by atoms with Gasteiger partial charge in [0.15, 0.2) is 5.82 Å². The molecule has 0 radical (unpaired) electrons. The van der Waals surface area contributed by atoms with Crippen molar-refractivity contribution in [3.8, 4) is 5.75 Å². The summed E-state index contributed by atoms with van der Waals surface area (Å²) in [5, 5.41) is 14.0. The first-order valence-corrected chi connectivity index (χ1v) is 8.44. The van der Waals surface area contributed by atoms with Crippen molar-refractivity contribution in [1.82, 2.24) is 9.62 Å². The highest BCUT2D eigenvalue weighted by atomic mass is 35.5. The predicted molar refractivity (Wildman–Crippen MR) is 87.7 cm³/mol. The molecule has 1 heterocycles. The molecule has 1 N–H and O–H groups in total. The Kier molecular flexibility index (Phi) is 6.90. The van der Waals surface area contributed by atoms with Crippen LogP contribution in [0.3, 0.4) is 0 Å². The molecule has 0 bridgehead atoms. The third-order valence-electron chi connectivity index (χ3n) is 3.83. The van der Waals surface area contributed by atoms with E-state index in [0.29, 0.717) is 13.0 Å². The lowest BCUT2D eigenvalue weighted by Crippen LogP contribution is -2.46. The number of ether oxygens (including phenoxy) is 1. The van der Waals surface area contributed by atoms with Crippen LogP contribution >= 0.6 is 12.4 Å². The molecule has 1 aromatic carbocycles. The first kappa shape index (κ1) is 20.6. The number of benzene rings is 1. The Morgan fingerprint density at radius 1 is 1.46 bits per heavy atom. The number of rotatable bonds is 5. The smallest absolute Gasteiger partial charge is 0.315 e. The molecule has 0 saturated carbocycles. The normalized spacial score (nSPS) is 18.7. The molecule has 1 unspecified atom stereocenters. The van der Waals surface area contributed by atoms with Gasteiger partial charge in [0.1, 0.15) is 0 Å². The van der Waals surface area contributed by atoms with Gasteiger partial charge in [0.25, 0.3) is 0 Å². The molecule has 0 aliphatic carbocycles. The number of piperidine rings is 1. The zero-order chi connectivity index (χ0) is 17.2. The van der Waals surface area contributed by atoms with E-state index in [0.717, 1.165) is 25.7 Å². The van der Waals surface area contributed by atoms with E-state index in [1.54, 1.807) is 7.05 Å². The Bertz CT molecular complexity index is 716. The van der Waals surface area contributed by atoms with Gasteiger partial charge in [0.05, 0.1) is 16.9 Å². The third kappa shape index (κ3) is 3.94. The van der Waals surface area contributed by atoms with Crippen molar-refractivity contribution in [3.63, 3.8) is 0 Å². The summed E-state index contributed by atoms with van der Waals surface area (Å²) < 4.78 is 45.1. The summed E-state index contributed by atoms with van der Waals surface area (Å²) in [7, 11) is -1.20. The summed E-state index contributed by atoms with van der Waals surface area (Å²) >= 11 is 0. The van der Waals surface area contributed by atoms with Gasteiger partial charge in [-0.1, -0.05) is 0 Å². The van der Waals surface area contributed by atoms with Crippen molar-refractivity contribution in [2.24, 2.45) is 0 Å². The number of nitro benzene ring substituents is 1. The van der Waals surface area contributed by atoms with Crippen LogP contribution in [0, 0.1) is 15.9 Å². The minimum Gasteiger partial charge on any atom is -0.488 e. The highest BCUT2D eigenvalue weighted by Crippen LogP contribution is 2.34. The summed E-state index contributed by atoms with van der Waals surface area (Å²) in [6.45, 7) is 0.530. The molecule has 0 amide bonds. The van der Waals surface area contributed by atoms with Crippen molar-refractivity contribution in [3.05, 3.63) is 28.1 Å². The SMILES string of the molecule is CNC1CCCN(S(=O)(=O)c2cc(F)c(OC)c([N+](=O)[O-])c2)C1.Cl. The number of methoxy groups -OCH3 is 1. The zero-order valence-corrected chi connectivity index (χ0v) is 14.8. The average molecular weight is 384 g/mol. The van der Waals surface area contributed by atoms with Crippen LogP contribution in [-0.2, 0) is 10.0 Å². The van der Waals surface area contributed by atoms with E-state index in [1.165, 1.54) is 4.31 Å². The van der Waals surface area contributed by atoms with Gasteiger partial charge in [-0.2, -0.15) is 4.31 Å². The average Bonchev–Trinajstić information content (AvgIpc) is 2.53. The second-order valence-corrected chi connectivity index (χ2v) is 7.14. The first-order valence-electron chi connectivity index (χ1n) is 7.00. The van der Waals surface area contributed by atoms with Crippen molar-refractivity contribution in [2.45, 2.75) is 23.8 Å². The van der Waals surface area contributed by atoms with Gasteiger partial charge in [-0.15, -0.1) is 12.4 Å². The molecule has 1 atom stereocenters. The number of halogens is 2. The molecule has 8 nitrogen and oxygen atoms in total. The minimum atomic E-state index is -4.02. The van der Waals surface area contributed by atoms with Gasteiger partial charge < -0.3 is 10.1 Å². The minimum absolute atomic E-state index is 0. The van der Waals surface area contributed by atoms with Crippen LogP contribution in [0.1, 0.15) is 12.8 Å². The fraction of sp³-hybridized carbons (Fsp3) is 0.538. The standard InChI is InChI=1S/C13H18FN3O5S.ClH/c1-15-9-4-3-5-16(8-9)23(20,21)10-6-11(14)13(22-2)12(7-10)17(18)19;/h6-7,9,15H,3-5,8H2,1-2H3;1H. The Hall–Kier alpha value is -1.49. The first-order chi connectivity index (χ1) is 10.8. The van der Waals surface area contributed by atoms with E-state index in [2.05, 4.69) is 10.1 Å². The molecule has 1 saturated heterocycles. The fourth-order valence-electron chi connectivity index (χ4n) is 2.59. The van der Waals surface area contributed by atoms with Gasteiger partial charge in [0.2, 0.25) is 15.8 Å². The lowest BCUT2D eigenvalue weighted by atomic mass is 10.1. The third-order valence-corrected chi connectivity index (χ3v) is 5.67. The van der Waals surface area contributed by atoms with Gasteiger partial charge in [-0.25, -0.2) is 12.8 Å². The molecule has 1 aliphatic heterocycles. The van der Waals surface area contributed by atoms with Crippen LogP contribution in [0.4, 0.5) is 10.1 Å². The number of nitrogens with one attached hydrogen (secondary N) is 1. The largest absolute Gasteiger partial charge is 0.488 e. The Morgan fingerprint density at radius 3 is 2.67 bits per heavy atom. The van der Waals surface area contributed by atoms with Crippen molar-refractivity contribution >= 4 is 28.1 Å². The highest BCUT2D eigenvalue weighted by Gasteiger charge is 2.33. The number of likely N-dealkylation sites (N-methyl/N-ethyl adjacent to an activating group) is 1. The molecule has 1 aromatic rings. The van der Waals surface area contributed by atoms with Crippen molar-refractivity contribution in [1.29, 1.82) is 0 Å². The van der Waals surface area contributed by atoms with Gasteiger partial charge in [-0.05, 0) is 26.0 Å². The quantitative estimate of drug-likeness (QED) is 0.611. The Morgan fingerprint density at radius 2 is 2.12 bits per heavy atom. The van der Waals surface area contributed by atoms with Crippen LogP contribution in [0.15, 0.2) is 17.0 Å². The second kappa shape index (κ2) is 8.06. The predicted octanol–water partition coefficient (Wildman–Crippen LogP) is 1.54. The van der Waals surface area contributed by atoms with E-state index >= 15 is 0 Å². The number of sulfonamides is 1. The molecule has 0 spiro atoms. The summed E-state index contributed by atoms with van der Waals surface area (Å²) in [4.78, 5) is 9.71. The molecule has 1 fully saturated rings. The molecule has 1 aliphatic rings. The lowest BCUT2D eigenvalue weighted by molar-refractivity contribution is -0.386. The fourth-order valence-corrected chi connectivity index (χ4v) is 4.14. The Labute approximate surface area is 145 Å². The number of nitrogens with zero attached hydrogens (tertiary/aromatic N) is 2. The lowest BCUT2D eigenvalue weighted by Gasteiger charge is -2.31. The summed E-state index contributed by atoms with van der Waals surface area (Å²) in [5.41, 5.74) is -0.715. The van der Waals surface area contributed by atoms with E-state index < -0.39 is 37.1 Å². The van der Waals surface area contributed by atoms with Crippen molar-refractivity contribution < 1.29 is 22.5 Å². The topological polar surface area (TPSA) is 102 Å². The molecular formula is C13H19ClFN3O5S. The molecule has 0 aromatic heterocycles. The summed E-state index contributed by atoms with van der Waals surface area (Å²) in [6, 6.07) is 1.58. The van der Waals surface area contributed by atoms with Crippen LogP contribution in [0.5, 0.6) is 5.75 Å². The van der Waals surface area contributed by atoms with Crippen LogP contribution in [0.25, 0.3) is 0 Å². The monoisotopic (exact) mass is 383 g/mol. The van der Waals surface area contributed by atoms with Crippen LogP contribution in [-0.4, -0.2) is 50.9 Å². The maximum Gasteiger partial charge on any atom is 0.315 e. The number of nitro groups is 1. The van der Waals surface area contributed by atoms with E-state index in [4.69, 9.17) is 0 Å². The zero-order valence-electron chi connectivity index (χ0n) is 13.2. The van der Waals surface area contributed by atoms with E-state index in [1.807, 2.05) is 0 Å². The van der Waals surface area contributed by atoms with Gasteiger partial charge in [0, 0.05) is 25.2 Å². The molecule has 2 rings (SSSR count).